The fourth-order valence-electron chi connectivity index (χ4n) is 1.09. The average molecular weight is 179 g/mol. The largest absolute Gasteiger partial charge is 0.459 e. The Morgan fingerprint density at radius 3 is 3.00 bits per heavy atom. The Bertz CT molecular complexity index is 297. The van der Waals surface area contributed by atoms with Crippen molar-refractivity contribution in [3.63, 3.8) is 0 Å². The van der Waals surface area contributed by atoms with Crippen LogP contribution in [0.15, 0.2) is 18.3 Å². The van der Waals surface area contributed by atoms with Crippen LogP contribution in [-0.2, 0) is 22.6 Å². The minimum Gasteiger partial charge on any atom is -0.459 e. The van der Waals surface area contributed by atoms with Crippen molar-refractivity contribution in [3.05, 3.63) is 29.6 Å². The molecule has 0 saturated heterocycles. The molecule has 0 fully saturated rings. The number of pyridine rings is 1. The minimum absolute atomic E-state index is 0.271. The summed E-state index contributed by atoms with van der Waals surface area (Å²) < 4.78 is 4.87. The second-order valence-electron chi connectivity index (χ2n) is 2.74. The van der Waals surface area contributed by atoms with Gasteiger partial charge in [-0.05, 0) is 18.1 Å². The molecule has 0 aromatic carbocycles. The van der Waals surface area contributed by atoms with E-state index in [2.05, 4.69) is 4.98 Å². The maximum absolute atomic E-state index is 10.6. The van der Waals surface area contributed by atoms with Gasteiger partial charge in [-0.1, -0.05) is 13.0 Å². The molecule has 0 amide bonds. The number of aryl methyl sites for hydroxylation is 1. The molecule has 1 heterocycles. The van der Waals surface area contributed by atoms with Gasteiger partial charge in [0, 0.05) is 13.1 Å². The van der Waals surface area contributed by atoms with E-state index in [0.29, 0.717) is 0 Å². The second-order valence-corrected chi connectivity index (χ2v) is 2.74. The summed E-state index contributed by atoms with van der Waals surface area (Å²) in [7, 11) is 0. The zero-order valence-corrected chi connectivity index (χ0v) is 7.91. The van der Waals surface area contributed by atoms with Crippen LogP contribution in [0.1, 0.15) is 25.1 Å². The number of carbonyl (C=O) groups is 1. The fourth-order valence-corrected chi connectivity index (χ4v) is 1.09. The molecule has 0 aliphatic heterocycles. The van der Waals surface area contributed by atoms with E-state index in [-0.39, 0.29) is 12.6 Å². The Morgan fingerprint density at radius 2 is 2.38 bits per heavy atom. The third kappa shape index (κ3) is 2.86. The van der Waals surface area contributed by atoms with E-state index in [9.17, 15) is 4.79 Å². The number of rotatable bonds is 3. The van der Waals surface area contributed by atoms with Crippen LogP contribution >= 0.6 is 0 Å². The smallest absolute Gasteiger partial charge is 0.303 e. The third-order valence-electron chi connectivity index (χ3n) is 1.78. The lowest BCUT2D eigenvalue weighted by molar-refractivity contribution is -0.142. The van der Waals surface area contributed by atoms with Crippen LogP contribution in [0.4, 0.5) is 0 Å². The fraction of sp³-hybridized carbons (Fsp3) is 0.400. The maximum atomic E-state index is 10.6. The monoisotopic (exact) mass is 179 g/mol. The van der Waals surface area contributed by atoms with Gasteiger partial charge < -0.3 is 4.74 Å². The highest BCUT2D eigenvalue weighted by atomic mass is 16.5. The van der Waals surface area contributed by atoms with Gasteiger partial charge in [-0.25, -0.2) is 0 Å². The Hall–Kier alpha value is -1.38. The Morgan fingerprint density at radius 1 is 1.62 bits per heavy atom. The molecule has 0 radical (unpaired) electrons. The first kappa shape index (κ1) is 9.71. The van der Waals surface area contributed by atoms with Gasteiger partial charge in [0.25, 0.3) is 0 Å². The number of carbonyl (C=O) groups excluding carboxylic acids is 1. The first-order chi connectivity index (χ1) is 6.24. The summed E-state index contributed by atoms with van der Waals surface area (Å²) in [5.41, 5.74) is 1.98. The molecule has 0 atom stereocenters. The van der Waals surface area contributed by atoms with Gasteiger partial charge >= 0.3 is 5.97 Å². The summed E-state index contributed by atoms with van der Waals surface area (Å²) in [5.74, 6) is -0.271. The van der Waals surface area contributed by atoms with Gasteiger partial charge in [-0.3, -0.25) is 9.78 Å². The molecule has 0 bridgehead atoms. The molecular formula is C10H13NO2. The van der Waals surface area contributed by atoms with E-state index < -0.39 is 0 Å². The summed E-state index contributed by atoms with van der Waals surface area (Å²) in [6.45, 7) is 3.72. The van der Waals surface area contributed by atoms with Gasteiger partial charge in [0.2, 0.25) is 0 Å². The predicted molar refractivity (Wildman–Crippen MR) is 49.1 cm³/mol. The van der Waals surface area contributed by atoms with Gasteiger partial charge in [-0.15, -0.1) is 0 Å². The zero-order chi connectivity index (χ0) is 9.68. The Kier molecular flexibility index (Phi) is 3.43. The second kappa shape index (κ2) is 4.60. The maximum Gasteiger partial charge on any atom is 0.303 e. The van der Waals surface area contributed by atoms with E-state index in [1.165, 1.54) is 6.92 Å². The SMILES string of the molecule is CCc1cccnc1COC(C)=O. The molecule has 3 heteroatoms. The highest BCUT2D eigenvalue weighted by Gasteiger charge is 2.02. The lowest BCUT2D eigenvalue weighted by Crippen LogP contribution is -2.03. The van der Waals surface area contributed by atoms with Crippen LogP contribution in [0.25, 0.3) is 0 Å². The van der Waals surface area contributed by atoms with Crippen molar-refractivity contribution in [1.29, 1.82) is 0 Å². The molecule has 3 nitrogen and oxygen atoms in total. The molecule has 0 N–H and O–H groups in total. The summed E-state index contributed by atoms with van der Waals surface area (Å²) in [6.07, 6.45) is 2.61. The molecule has 0 spiro atoms. The normalized spacial score (nSPS) is 9.69. The van der Waals surface area contributed by atoms with Crippen molar-refractivity contribution in [2.75, 3.05) is 0 Å². The standard InChI is InChI=1S/C10H13NO2/c1-3-9-5-4-6-11-10(9)7-13-8(2)12/h4-6H,3,7H2,1-2H3. The van der Waals surface area contributed by atoms with Gasteiger partial charge in [0.1, 0.15) is 6.61 Å². The van der Waals surface area contributed by atoms with Gasteiger partial charge in [0.05, 0.1) is 5.69 Å². The molecule has 70 valence electrons. The van der Waals surface area contributed by atoms with Crippen molar-refractivity contribution in [2.24, 2.45) is 0 Å². The van der Waals surface area contributed by atoms with E-state index in [1.54, 1.807) is 6.20 Å². The third-order valence-corrected chi connectivity index (χ3v) is 1.78. The van der Waals surface area contributed by atoms with Crippen molar-refractivity contribution in [3.8, 4) is 0 Å². The zero-order valence-electron chi connectivity index (χ0n) is 7.91. The van der Waals surface area contributed by atoms with Crippen LogP contribution in [0.2, 0.25) is 0 Å². The van der Waals surface area contributed by atoms with Gasteiger partial charge in [0.15, 0.2) is 0 Å². The van der Waals surface area contributed by atoms with E-state index in [1.807, 2.05) is 19.1 Å². The summed E-state index contributed by atoms with van der Waals surface area (Å²) in [6, 6.07) is 3.88. The van der Waals surface area contributed by atoms with Crippen LogP contribution in [-0.4, -0.2) is 11.0 Å². The summed E-state index contributed by atoms with van der Waals surface area (Å²) in [5, 5.41) is 0. The molecule has 13 heavy (non-hydrogen) atoms. The Balaban J connectivity index is 2.69. The van der Waals surface area contributed by atoms with Gasteiger partial charge in [-0.2, -0.15) is 0 Å². The highest BCUT2D eigenvalue weighted by molar-refractivity contribution is 5.65. The van der Waals surface area contributed by atoms with Crippen LogP contribution in [0.5, 0.6) is 0 Å². The highest BCUT2D eigenvalue weighted by Crippen LogP contribution is 2.07. The van der Waals surface area contributed by atoms with Crippen molar-refractivity contribution in [1.82, 2.24) is 4.98 Å². The lowest BCUT2D eigenvalue weighted by Gasteiger charge is -2.05. The molecule has 1 rings (SSSR count). The number of nitrogens with zero attached hydrogens (tertiary/aromatic N) is 1. The first-order valence-corrected chi connectivity index (χ1v) is 4.30. The minimum atomic E-state index is -0.271. The molecule has 0 saturated carbocycles. The predicted octanol–water partition coefficient (Wildman–Crippen LogP) is 1.71. The average Bonchev–Trinajstić information content (AvgIpc) is 2.15. The van der Waals surface area contributed by atoms with Crippen LogP contribution in [0.3, 0.4) is 0 Å². The van der Waals surface area contributed by atoms with E-state index in [4.69, 9.17) is 4.74 Å². The number of hydrogen-bond donors (Lipinski definition) is 0. The van der Waals surface area contributed by atoms with Crippen LogP contribution in [0, 0.1) is 0 Å². The van der Waals surface area contributed by atoms with Crippen molar-refractivity contribution < 1.29 is 9.53 Å². The van der Waals surface area contributed by atoms with Crippen molar-refractivity contribution in [2.45, 2.75) is 26.9 Å². The number of ether oxygens (including phenoxy) is 1. The topological polar surface area (TPSA) is 39.2 Å². The summed E-state index contributed by atoms with van der Waals surface area (Å²) in [4.78, 5) is 14.7. The number of esters is 1. The van der Waals surface area contributed by atoms with Crippen LogP contribution < -0.4 is 0 Å². The molecule has 0 unspecified atom stereocenters. The molecule has 1 aromatic rings. The summed E-state index contributed by atoms with van der Waals surface area (Å²) >= 11 is 0. The Labute approximate surface area is 77.8 Å². The molecule has 0 aliphatic rings. The lowest BCUT2D eigenvalue weighted by atomic mass is 10.1. The van der Waals surface area contributed by atoms with Crippen molar-refractivity contribution >= 4 is 5.97 Å². The first-order valence-electron chi connectivity index (χ1n) is 4.30. The molecule has 1 aromatic heterocycles. The molecule has 0 aliphatic carbocycles. The number of hydrogen-bond acceptors (Lipinski definition) is 3. The van der Waals surface area contributed by atoms with E-state index in [0.717, 1.165) is 17.7 Å². The molecular weight excluding hydrogens is 166 g/mol. The quantitative estimate of drug-likeness (QED) is 0.663. The van der Waals surface area contributed by atoms with E-state index >= 15 is 0 Å². The number of aromatic nitrogens is 1.